The molecule has 166 valence electrons. The van der Waals surface area contributed by atoms with Gasteiger partial charge in [0.05, 0.1) is 11.7 Å². The fourth-order valence-electron chi connectivity index (χ4n) is 4.63. The standard InChI is InChI=1S/C23H24N4O3S2/c1-14-7-9-19-16(11-14)12-17(23(28)24-19)13-27(18-5-3-4-6-18)32(29,30)22-15(2)8-10-20-21(22)26-31-25-20/h7-12,18H,3-6,13H2,1-2H3,(H,24,28). The molecule has 2 heterocycles. The molecule has 4 aromatic rings. The third-order valence-electron chi connectivity index (χ3n) is 6.28. The molecule has 0 saturated heterocycles. The summed E-state index contributed by atoms with van der Waals surface area (Å²) in [6.45, 7) is 3.80. The van der Waals surface area contributed by atoms with Crippen LogP contribution < -0.4 is 5.56 Å². The van der Waals surface area contributed by atoms with E-state index in [-0.39, 0.29) is 23.0 Å². The van der Waals surface area contributed by atoms with Crippen LogP contribution in [0.2, 0.25) is 0 Å². The third kappa shape index (κ3) is 3.64. The molecular formula is C23H24N4O3S2. The summed E-state index contributed by atoms with van der Waals surface area (Å²) in [4.78, 5) is 16.0. The molecule has 5 rings (SSSR count). The van der Waals surface area contributed by atoms with E-state index in [1.54, 1.807) is 19.1 Å². The average molecular weight is 469 g/mol. The topological polar surface area (TPSA) is 96.0 Å². The van der Waals surface area contributed by atoms with Crippen LogP contribution in [0.1, 0.15) is 42.4 Å². The third-order valence-corrected chi connectivity index (χ3v) is 8.90. The number of hydrogen-bond acceptors (Lipinski definition) is 6. The summed E-state index contributed by atoms with van der Waals surface area (Å²) in [5.74, 6) is 0. The Morgan fingerprint density at radius 1 is 1.09 bits per heavy atom. The van der Waals surface area contributed by atoms with Crippen molar-refractivity contribution in [3.63, 3.8) is 0 Å². The number of benzene rings is 2. The second-order valence-electron chi connectivity index (χ2n) is 8.55. The van der Waals surface area contributed by atoms with Gasteiger partial charge < -0.3 is 4.98 Å². The Hall–Kier alpha value is -2.62. The minimum absolute atomic E-state index is 0.0274. The van der Waals surface area contributed by atoms with Crippen LogP contribution in [0.4, 0.5) is 0 Å². The molecule has 1 saturated carbocycles. The van der Waals surface area contributed by atoms with Gasteiger partial charge in [0.2, 0.25) is 10.0 Å². The maximum absolute atomic E-state index is 14.0. The van der Waals surface area contributed by atoms with Crippen LogP contribution >= 0.6 is 11.7 Å². The van der Waals surface area contributed by atoms with Crippen molar-refractivity contribution >= 4 is 43.7 Å². The van der Waals surface area contributed by atoms with Crippen molar-refractivity contribution in [2.24, 2.45) is 0 Å². The van der Waals surface area contributed by atoms with Gasteiger partial charge in [0.25, 0.3) is 5.56 Å². The van der Waals surface area contributed by atoms with Crippen LogP contribution in [0.15, 0.2) is 46.1 Å². The first kappa shape index (κ1) is 21.2. The predicted molar refractivity (Wildman–Crippen MR) is 126 cm³/mol. The van der Waals surface area contributed by atoms with Crippen LogP contribution in [0.25, 0.3) is 21.9 Å². The number of rotatable bonds is 5. The highest BCUT2D eigenvalue weighted by molar-refractivity contribution is 7.89. The summed E-state index contributed by atoms with van der Waals surface area (Å²) in [6.07, 6.45) is 3.53. The lowest BCUT2D eigenvalue weighted by atomic mass is 10.1. The minimum atomic E-state index is -3.90. The number of nitrogens with one attached hydrogen (secondary N) is 1. The molecule has 2 aromatic heterocycles. The Bertz CT molecular complexity index is 1480. The highest BCUT2D eigenvalue weighted by Crippen LogP contribution is 2.34. The Labute approximate surface area is 190 Å². The number of fused-ring (bicyclic) bond motifs is 2. The molecule has 0 radical (unpaired) electrons. The van der Waals surface area contributed by atoms with E-state index < -0.39 is 10.0 Å². The lowest BCUT2D eigenvalue weighted by molar-refractivity contribution is 0.315. The van der Waals surface area contributed by atoms with Gasteiger partial charge in [-0.2, -0.15) is 13.1 Å². The van der Waals surface area contributed by atoms with Crippen molar-refractivity contribution in [1.29, 1.82) is 0 Å². The predicted octanol–water partition coefficient (Wildman–Crippen LogP) is 4.28. The van der Waals surface area contributed by atoms with E-state index in [0.717, 1.165) is 53.9 Å². The van der Waals surface area contributed by atoms with Crippen LogP contribution in [0.5, 0.6) is 0 Å². The largest absolute Gasteiger partial charge is 0.322 e. The Morgan fingerprint density at radius 3 is 2.66 bits per heavy atom. The number of nitrogens with zero attached hydrogens (tertiary/aromatic N) is 3. The molecule has 32 heavy (non-hydrogen) atoms. The molecule has 0 aliphatic heterocycles. The molecule has 1 fully saturated rings. The maximum Gasteiger partial charge on any atom is 0.252 e. The quantitative estimate of drug-likeness (QED) is 0.472. The van der Waals surface area contributed by atoms with Gasteiger partial charge in [-0.05, 0) is 61.9 Å². The number of aromatic nitrogens is 3. The van der Waals surface area contributed by atoms with E-state index in [9.17, 15) is 13.2 Å². The molecule has 0 unspecified atom stereocenters. The summed E-state index contributed by atoms with van der Waals surface area (Å²) >= 11 is 1.01. The number of aryl methyl sites for hydroxylation is 2. The zero-order valence-corrected chi connectivity index (χ0v) is 19.6. The zero-order valence-electron chi connectivity index (χ0n) is 18.0. The molecule has 1 N–H and O–H groups in total. The molecule has 0 atom stereocenters. The average Bonchev–Trinajstić information content (AvgIpc) is 3.43. The maximum atomic E-state index is 14.0. The molecule has 0 bridgehead atoms. The molecule has 1 aliphatic rings. The van der Waals surface area contributed by atoms with Crippen molar-refractivity contribution in [3.05, 3.63) is 63.4 Å². The van der Waals surface area contributed by atoms with Crippen LogP contribution in [-0.4, -0.2) is 32.5 Å². The van der Waals surface area contributed by atoms with Crippen molar-refractivity contribution in [3.8, 4) is 0 Å². The van der Waals surface area contributed by atoms with Gasteiger partial charge >= 0.3 is 0 Å². The van der Waals surface area contributed by atoms with Gasteiger partial charge in [0, 0.05) is 23.7 Å². The number of aromatic amines is 1. The Morgan fingerprint density at radius 2 is 1.88 bits per heavy atom. The monoisotopic (exact) mass is 468 g/mol. The molecule has 2 aromatic carbocycles. The van der Waals surface area contributed by atoms with Gasteiger partial charge in [-0.1, -0.05) is 30.5 Å². The van der Waals surface area contributed by atoms with E-state index in [0.29, 0.717) is 22.2 Å². The SMILES string of the molecule is Cc1ccc2[nH]c(=O)c(CN(C3CCCC3)S(=O)(=O)c3c(C)ccc4nsnc34)cc2c1. The highest BCUT2D eigenvalue weighted by Gasteiger charge is 2.36. The summed E-state index contributed by atoms with van der Waals surface area (Å²) in [6, 6.07) is 11.1. The van der Waals surface area contributed by atoms with E-state index in [1.807, 2.05) is 31.2 Å². The molecule has 0 amide bonds. The van der Waals surface area contributed by atoms with E-state index in [1.165, 1.54) is 4.31 Å². The number of hydrogen-bond donors (Lipinski definition) is 1. The van der Waals surface area contributed by atoms with Gasteiger partial charge in [-0.15, -0.1) is 0 Å². The zero-order chi connectivity index (χ0) is 22.5. The summed E-state index contributed by atoms with van der Waals surface area (Å²) in [5, 5.41) is 0.894. The van der Waals surface area contributed by atoms with E-state index >= 15 is 0 Å². The molecule has 1 aliphatic carbocycles. The molecule has 0 spiro atoms. The number of sulfonamides is 1. The van der Waals surface area contributed by atoms with Gasteiger partial charge in [0.1, 0.15) is 15.9 Å². The van der Waals surface area contributed by atoms with Gasteiger partial charge in [-0.25, -0.2) is 8.42 Å². The number of pyridine rings is 1. The van der Waals surface area contributed by atoms with E-state index in [4.69, 9.17) is 0 Å². The first-order chi connectivity index (χ1) is 15.3. The van der Waals surface area contributed by atoms with Crippen LogP contribution in [-0.2, 0) is 16.6 Å². The first-order valence-electron chi connectivity index (χ1n) is 10.7. The first-order valence-corrected chi connectivity index (χ1v) is 12.9. The molecular weight excluding hydrogens is 444 g/mol. The van der Waals surface area contributed by atoms with Gasteiger partial charge in [-0.3, -0.25) is 4.79 Å². The van der Waals surface area contributed by atoms with Crippen molar-refractivity contribution in [2.45, 2.75) is 57.0 Å². The Kier molecular flexibility index (Phi) is 5.35. The van der Waals surface area contributed by atoms with Crippen LogP contribution in [0.3, 0.4) is 0 Å². The lowest BCUT2D eigenvalue weighted by Gasteiger charge is -2.28. The normalized spacial score (nSPS) is 15.3. The molecule has 7 nitrogen and oxygen atoms in total. The fourth-order valence-corrected chi connectivity index (χ4v) is 7.25. The van der Waals surface area contributed by atoms with E-state index in [2.05, 4.69) is 13.7 Å². The number of H-pyrrole nitrogens is 1. The second-order valence-corrected chi connectivity index (χ2v) is 10.9. The summed E-state index contributed by atoms with van der Waals surface area (Å²) in [5.41, 5.74) is 3.62. The molecule has 9 heteroatoms. The Balaban J connectivity index is 1.65. The van der Waals surface area contributed by atoms with Crippen molar-refractivity contribution in [1.82, 2.24) is 18.0 Å². The fraction of sp³-hybridized carbons (Fsp3) is 0.348. The van der Waals surface area contributed by atoms with Gasteiger partial charge in [0.15, 0.2) is 0 Å². The second kappa shape index (κ2) is 8.06. The highest BCUT2D eigenvalue weighted by atomic mass is 32.2. The van der Waals surface area contributed by atoms with Crippen LogP contribution in [0, 0.1) is 13.8 Å². The van der Waals surface area contributed by atoms with Crippen molar-refractivity contribution < 1.29 is 8.42 Å². The van der Waals surface area contributed by atoms with Crippen molar-refractivity contribution in [2.75, 3.05) is 0 Å². The summed E-state index contributed by atoms with van der Waals surface area (Å²) in [7, 11) is -3.90. The summed E-state index contributed by atoms with van der Waals surface area (Å²) < 4.78 is 38.1. The smallest absolute Gasteiger partial charge is 0.252 e. The minimum Gasteiger partial charge on any atom is -0.322 e. The lowest BCUT2D eigenvalue weighted by Crippen LogP contribution is -2.40.